The van der Waals surface area contributed by atoms with Crippen molar-refractivity contribution in [3.8, 4) is 11.1 Å². The van der Waals surface area contributed by atoms with Gasteiger partial charge in [-0.05, 0) is 53.6 Å². The zero-order chi connectivity index (χ0) is 27.1. The first-order valence-corrected chi connectivity index (χ1v) is 14.6. The molecule has 1 fully saturated rings. The monoisotopic (exact) mass is 535 g/mol. The molecule has 1 aliphatic rings. The third kappa shape index (κ3) is 7.97. The van der Waals surface area contributed by atoms with E-state index in [0.717, 1.165) is 52.5 Å². The molecule has 1 saturated carbocycles. The summed E-state index contributed by atoms with van der Waals surface area (Å²) < 4.78 is 31.0. The summed E-state index contributed by atoms with van der Waals surface area (Å²) in [5.74, 6) is -0.154. The quantitative estimate of drug-likeness (QED) is 0.353. The average Bonchev–Trinajstić information content (AvgIpc) is 3.73. The molecule has 4 rings (SSSR count). The van der Waals surface area contributed by atoms with Gasteiger partial charge < -0.3 is 9.64 Å². The van der Waals surface area contributed by atoms with E-state index in [4.69, 9.17) is 4.74 Å². The largest absolute Gasteiger partial charge is 0.466 e. The maximum atomic E-state index is 13.3. The molecule has 38 heavy (non-hydrogen) atoms. The number of nitrogens with zero attached hydrogens (tertiary/aromatic N) is 2. The van der Waals surface area contributed by atoms with Crippen LogP contribution >= 0.6 is 0 Å². The van der Waals surface area contributed by atoms with Crippen molar-refractivity contribution >= 4 is 21.9 Å². The standard InChI is InChI=1S/C29H33N3O5S/c1-3-37-28(33)15-23-14-25(18-30-16-23)27-12-9-22(17-31-38(2,35)36)13-26(27)20-32(29(34)24-10-11-24)19-21-7-5-4-6-8-21/h4-9,12-14,16,18,24,31H,3,10-11,15,17,19-20H2,1-2H3. The summed E-state index contributed by atoms with van der Waals surface area (Å²) in [6.45, 7) is 3.05. The van der Waals surface area contributed by atoms with E-state index in [9.17, 15) is 18.0 Å². The fourth-order valence-electron chi connectivity index (χ4n) is 4.30. The van der Waals surface area contributed by atoms with E-state index in [1.165, 1.54) is 0 Å². The molecule has 200 valence electrons. The second-order valence-electron chi connectivity index (χ2n) is 9.60. The maximum absolute atomic E-state index is 13.3. The first kappa shape index (κ1) is 27.5. The van der Waals surface area contributed by atoms with Crippen LogP contribution in [0, 0.1) is 5.92 Å². The number of hydrogen-bond donors (Lipinski definition) is 1. The molecule has 1 heterocycles. The summed E-state index contributed by atoms with van der Waals surface area (Å²) in [7, 11) is -3.37. The van der Waals surface area contributed by atoms with Gasteiger partial charge in [-0.15, -0.1) is 0 Å². The van der Waals surface area contributed by atoms with Crippen LogP contribution in [0.2, 0.25) is 0 Å². The zero-order valence-corrected chi connectivity index (χ0v) is 22.5. The number of aromatic nitrogens is 1. The fourth-order valence-corrected chi connectivity index (χ4v) is 4.73. The summed E-state index contributed by atoms with van der Waals surface area (Å²) in [6, 6.07) is 17.5. The van der Waals surface area contributed by atoms with Crippen LogP contribution in [0.5, 0.6) is 0 Å². The van der Waals surface area contributed by atoms with Crippen LogP contribution in [0.25, 0.3) is 11.1 Å². The molecule has 0 unspecified atom stereocenters. The van der Waals surface area contributed by atoms with Crippen molar-refractivity contribution in [1.29, 1.82) is 0 Å². The molecule has 1 N–H and O–H groups in total. The van der Waals surface area contributed by atoms with Gasteiger partial charge >= 0.3 is 5.97 Å². The second-order valence-corrected chi connectivity index (χ2v) is 11.4. The molecule has 8 nitrogen and oxygen atoms in total. The van der Waals surface area contributed by atoms with Gasteiger partial charge in [-0.3, -0.25) is 14.6 Å². The zero-order valence-electron chi connectivity index (χ0n) is 21.7. The molecule has 0 atom stereocenters. The highest BCUT2D eigenvalue weighted by Gasteiger charge is 2.33. The van der Waals surface area contributed by atoms with Crippen molar-refractivity contribution in [3.05, 3.63) is 89.2 Å². The molecule has 0 spiro atoms. The number of amides is 1. The Morgan fingerprint density at radius 1 is 1.00 bits per heavy atom. The van der Waals surface area contributed by atoms with Gasteiger partial charge in [0.25, 0.3) is 0 Å². The second kappa shape index (κ2) is 12.3. The topological polar surface area (TPSA) is 106 Å². The van der Waals surface area contributed by atoms with Crippen molar-refractivity contribution in [3.63, 3.8) is 0 Å². The van der Waals surface area contributed by atoms with Gasteiger partial charge in [0.05, 0.1) is 19.3 Å². The van der Waals surface area contributed by atoms with Crippen LogP contribution < -0.4 is 4.72 Å². The molecule has 1 amide bonds. The number of carbonyl (C=O) groups excluding carboxylic acids is 2. The Hall–Kier alpha value is -3.56. The predicted molar refractivity (Wildman–Crippen MR) is 145 cm³/mol. The Balaban J connectivity index is 1.69. The van der Waals surface area contributed by atoms with Gasteiger partial charge in [0, 0.05) is 43.5 Å². The Morgan fingerprint density at radius 2 is 1.76 bits per heavy atom. The van der Waals surface area contributed by atoms with Crippen LogP contribution in [0.1, 0.15) is 42.0 Å². The third-order valence-electron chi connectivity index (χ3n) is 6.28. The number of esters is 1. The molecule has 2 aromatic carbocycles. The molecule has 1 aliphatic carbocycles. The van der Waals surface area contributed by atoms with Crippen LogP contribution in [0.15, 0.2) is 67.0 Å². The summed E-state index contributed by atoms with van der Waals surface area (Å²) >= 11 is 0. The number of nitrogens with one attached hydrogen (secondary N) is 1. The van der Waals surface area contributed by atoms with E-state index in [0.29, 0.717) is 19.7 Å². The number of benzene rings is 2. The molecule has 0 bridgehead atoms. The van der Waals surface area contributed by atoms with Crippen molar-refractivity contribution in [2.75, 3.05) is 12.9 Å². The number of rotatable bonds is 12. The van der Waals surface area contributed by atoms with Crippen molar-refractivity contribution in [2.24, 2.45) is 5.92 Å². The number of pyridine rings is 1. The maximum Gasteiger partial charge on any atom is 0.310 e. The number of ether oxygens (including phenoxy) is 1. The predicted octanol–water partition coefficient (Wildman–Crippen LogP) is 3.84. The van der Waals surface area contributed by atoms with Gasteiger partial charge in [0.1, 0.15) is 0 Å². The van der Waals surface area contributed by atoms with Crippen molar-refractivity contribution in [1.82, 2.24) is 14.6 Å². The highest BCUT2D eigenvalue weighted by molar-refractivity contribution is 7.88. The summed E-state index contributed by atoms with van der Waals surface area (Å²) in [4.78, 5) is 31.6. The molecule has 1 aromatic heterocycles. The minimum atomic E-state index is -3.37. The van der Waals surface area contributed by atoms with Crippen LogP contribution in [-0.4, -0.2) is 43.0 Å². The highest BCUT2D eigenvalue weighted by atomic mass is 32.2. The van der Waals surface area contributed by atoms with Gasteiger partial charge in [-0.2, -0.15) is 0 Å². The molecule has 0 radical (unpaired) electrons. The average molecular weight is 536 g/mol. The van der Waals surface area contributed by atoms with E-state index >= 15 is 0 Å². The molecule has 9 heteroatoms. The molecular formula is C29H33N3O5S. The Bertz CT molecular complexity index is 1390. The summed E-state index contributed by atoms with van der Waals surface area (Å²) in [5.41, 5.74) is 5.10. The van der Waals surface area contributed by atoms with Gasteiger partial charge in [-0.1, -0.05) is 48.5 Å². The van der Waals surface area contributed by atoms with Crippen LogP contribution in [-0.2, 0) is 50.4 Å². The summed E-state index contributed by atoms with van der Waals surface area (Å²) in [6.07, 6.45) is 6.40. The molecule has 3 aromatic rings. The SMILES string of the molecule is CCOC(=O)Cc1cncc(-c2ccc(CNS(C)(=O)=O)cc2CN(Cc2ccccc2)C(=O)C2CC2)c1. The Morgan fingerprint density at radius 3 is 2.45 bits per heavy atom. The highest BCUT2D eigenvalue weighted by Crippen LogP contribution is 2.33. The van der Waals surface area contributed by atoms with Crippen LogP contribution in [0.4, 0.5) is 0 Å². The van der Waals surface area contributed by atoms with E-state index < -0.39 is 10.0 Å². The summed E-state index contributed by atoms with van der Waals surface area (Å²) in [5, 5.41) is 0. The van der Waals surface area contributed by atoms with Crippen LogP contribution in [0.3, 0.4) is 0 Å². The lowest BCUT2D eigenvalue weighted by atomic mass is 9.96. The van der Waals surface area contributed by atoms with Crippen molar-refractivity contribution in [2.45, 2.75) is 45.8 Å². The first-order chi connectivity index (χ1) is 18.2. The Kier molecular flexibility index (Phi) is 8.91. The Labute approximate surface area is 224 Å². The van der Waals surface area contributed by atoms with Crippen molar-refractivity contribution < 1.29 is 22.7 Å². The number of sulfonamides is 1. The third-order valence-corrected chi connectivity index (χ3v) is 6.95. The van der Waals surface area contributed by atoms with Gasteiger partial charge in [0.15, 0.2) is 0 Å². The lowest BCUT2D eigenvalue weighted by molar-refractivity contribution is -0.142. The van der Waals surface area contributed by atoms with Gasteiger partial charge in [0.2, 0.25) is 15.9 Å². The molecule has 0 aliphatic heterocycles. The first-order valence-electron chi connectivity index (χ1n) is 12.7. The number of carbonyl (C=O) groups is 2. The molecular weight excluding hydrogens is 502 g/mol. The van der Waals surface area contributed by atoms with Gasteiger partial charge in [-0.25, -0.2) is 13.1 Å². The molecule has 0 saturated heterocycles. The van der Waals surface area contributed by atoms with E-state index in [1.807, 2.05) is 59.5 Å². The van der Waals surface area contributed by atoms with E-state index in [1.54, 1.807) is 19.3 Å². The normalized spacial score (nSPS) is 13.2. The fraction of sp³-hybridized carbons (Fsp3) is 0.345. The van der Waals surface area contributed by atoms with E-state index in [2.05, 4.69) is 9.71 Å². The number of hydrogen-bond acceptors (Lipinski definition) is 6. The van der Waals surface area contributed by atoms with E-state index in [-0.39, 0.29) is 30.8 Å². The lowest BCUT2D eigenvalue weighted by Crippen LogP contribution is -2.31. The minimum absolute atomic E-state index is 0.0480. The lowest BCUT2D eigenvalue weighted by Gasteiger charge is -2.25. The smallest absolute Gasteiger partial charge is 0.310 e. The minimum Gasteiger partial charge on any atom is -0.466 e.